The molecule has 4 heteroatoms. The van der Waals surface area contributed by atoms with Crippen molar-refractivity contribution in [2.45, 2.75) is 70.9 Å². The quantitative estimate of drug-likeness (QED) is 0.839. The molecule has 0 aliphatic heterocycles. The van der Waals surface area contributed by atoms with Crippen molar-refractivity contribution in [3.05, 3.63) is 16.4 Å². The molecule has 0 bridgehead atoms. The maximum absolute atomic E-state index is 11.1. The molecule has 1 fully saturated rings. The largest absolute Gasteiger partial charge is 0.384 e. The lowest BCUT2D eigenvalue weighted by molar-refractivity contribution is 0.00999. The number of aryl methyl sites for hydroxylation is 1. The third kappa shape index (κ3) is 3.22. The van der Waals surface area contributed by atoms with Gasteiger partial charge in [0.1, 0.15) is 5.60 Å². The van der Waals surface area contributed by atoms with E-state index in [9.17, 15) is 5.11 Å². The third-order valence-electron chi connectivity index (χ3n) is 4.42. The van der Waals surface area contributed by atoms with Crippen molar-refractivity contribution in [3.63, 3.8) is 0 Å². The molecule has 108 valence electrons. The van der Waals surface area contributed by atoms with E-state index in [2.05, 4.69) is 34.9 Å². The van der Waals surface area contributed by atoms with Crippen LogP contribution in [0.3, 0.4) is 0 Å². The Morgan fingerprint density at radius 1 is 1.42 bits per heavy atom. The molecule has 0 aromatic carbocycles. The van der Waals surface area contributed by atoms with Crippen LogP contribution in [0.25, 0.3) is 0 Å². The van der Waals surface area contributed by atoms with Crippen molar-refractivity contribution in [1.82, 2.24) is 9.78 Å². The monoisotopic (exact) mass is 328 g/mol. The Balaban J connectivity index is 2.25. The van der Waals surface area contributed by atoms with E-state index in [1.54, 1.807) is 0 Å². The molecule has 1 aromatic rings. The van der Waals surface area contributed by atoms with Crippen LogP contribution in [0.5, 0.6) is 0 Å². The van der Waals surface area contributed by atoms with Crippen LogP contribution in [-0.4, -0.2) is 14.9 Å². The van der Waals surface area contributed by atoms with Gasteiger partial charge in [-0.25, -0.2) is 0 Å². The van der Waals surface area contributed by atoms with Gasteiger partial charge in [0.25, 0.3) is 0 Å². The Hall–Kier alpha value is -0.350. The van der Waals surface area contributed by atoms with Gasteiger partial charge in [0, 0.05) is 6.54 Å². The molecule has 3 nitrogen and oxygen atoms in total. The predicted molar refractivity (Wildman–Crippen MR) is 81.0 cm³/mol. The zero-order chi connectivity index (χ0) is 13.9. The van der Waals surface area contributed by atoms with E-state index >= 15 is 0 Å². The van der Waals surface area contributed by atoms with E-state index in [1.807, 2.05) is 10.9 Å². The highest BCUT2D eigenvalue weighted by molar-refractivity contribution is 9.10. The number of hydrogen-bond acceptors (Lipinski definition) is 2. The van der Waals surface area contributed by atoms with Gasteiger partial charge in [-0.2, -0.15) is 5.10 Å². The predicted octanol–water partition coefficient (Wildman–Crippen LogP) is 4.23. The first-order valence-electron chi connectivity index (χ1n) is 7.55. The molecule has 19 heavy (non-hydrogen) atoms. The Morgan fingerprint density at radius 2 is 2.21 bits per heavy atom. The molecule has 1 N–H and O–H groups in total. The van der Waals surface area contributed by atoms with Crippen molar-refractivity contribution >= 4 is 15.9 Å². The second-order valence-electron chi connectivity index (χ2n) is 5.80. The lowest BCUT2D eigenvalue weighted by Crippen LogP contribution is -2.29. The molecule has 0 spiro atoms. The van der Waals surface area contributed by atoms with Crippen molar-refractivity contribution in [1.29, 1.82) is 0 Å². The lowest BCUT2D eigenvalue weighted by atomic mass is 9.89. The number of rotatable bonds is 4. The maximum Gasteiger partial charge on any atom is 0.107 e. The Labute approximate surface area is 124 Å². The highest BCUT2D eigenvalue weighted by Gasteiger charge is 2.36. The van der Waals surface area contributed by atoms with Gasteiger partial charge in [0.2, 0.25) is 0 Å². The van der Waals surface area contributed by atoms with Crippen LogP contribution in [0.4, 0.5) is 0 Å². The fraction of sp³-hybridized carbons (Fsp3) is 0.800. The molecule has 1 saturated carbocycles. The van der Waals surface area contributed by atoms with Gasteiger partial charge < -0.3 is 5.11 Å². The first-order chi connectivity index (χ1) is 9.10. The average Bonchev–Trinajstić information content (AvgIpc) is 2.65. The lowest BCUT2D eigenvalue weighted by Gasteiger charge is -2.28. The van der Waals surface area contributed by atoms with E-state index in [-0.39, 0.29) is 0 Å². The van der Waals surface area contributed by atoms with Gasteiger partial charge in [0.15, 0.2) is 0 Å². The first kappa shape index (κ1) is 15.0. The molecule has 1 aromatic heterocycles. The van der Waals surface area contributed by atoms with E-state index < -0.39 is 5.60 Å². The summed E-state index contributed by atoms with van der Waals surface area (Å²) < 4.78 is 2.94. The smallest absolute Gasteiger partial charge is 0.107 e. The molecule has 1 aliphatic rings. The first-order valence-corrected chi connectivity index (χ1v) is 8.34. The molecule has 0 amide bonds. The average molecular weight is 329 g/mol. The normalized spacial score (nSPS) is 28.3. The van der Waals surface area contributed by atoms with Gasteiger partial charge in [0.05, 0.1) is 16.4 Å². The number of halogens is 1. The van der Waals surface area contributed by atoms with Gasteiger partial charge in [-0.15, -0.1) is 0 Å². The van der Waals surface area contributed by atoms with E-state index in [4.69, 9.17) is 0 Å². The molecular weight excluding hydrogens is 304 g/mol. The maximum atomic E-state index is 11.1. The number of nitrogens with zero attached hydrogens (tertiary/aromatic N) is 2. The topological polar surface area (TPSA) is 38.0 Å². The Morgan fingerprint density at radius 3 is 2.89 bits per heavy atom. The Kier molecular flexibility index (Phi) is 5.07. The third-order valence-corrected chi connectivity index (χ3v) is 5.00. The summed E-state index contributed by atoms with van der Waals surface area (Å²) >= 11 is 3.57. The minimum atomic E-state index is -0.700. The summed E-state index contributed by atoms with van der Waals surface area (Å²) in [5.41, 5.74) is 0.292. The molecule has 0 radical (unpaired) electrons. The number of aromatic nitrogens is 2. The minimum Gasteiger partial charge on any atom is -0.384 e. The summed E-state index contributed by atoms with van der Waals surface area (Å²) in [6, 6.07) is 0. The zero-order valence-corrected chi connectivity index (χ0v) is 13.6. The highest BCUT2D eigenvalue weighted by atomic mass is 79.9. The van der Waals surface area contributed by atoms with Crippen LogP contribution in [0.2, 0.25) is 0 Å². The van der Waals surface area contributed by atoms with E-state index in [1.165, 1.54) is 12.8 Å². The summed E-state index contributed by atoms with van der Waals surface area (Å²) in [5.74, 6) is 0.773. The number of hydrogen-bond donors (Lipinski definition) is 1. The summed E-state index contributed by atoms with van der Waals surface area (Å²) in [5, 5.41) is 15.5. The van der Waals surface area contributed by atoms with Gasteiger partial charge in [-0.1, -0.05) is 26.7 Å². The molecular formula is C15H25BrN2O. The SMILES string of the molecule is CCCn1ncc(Br)c1C1(O)CCCC(CC)CC1. The van der Waals surface area contributed by atoms with Crippen LogP contribution in [0.15, 0.2) is 10.7 Å². The van der Waals surface area contributed by atoms with E-state index in [0.717, 1.165) is 54.7 Å². The van der Waals surface area contributed by atoms with Crippen molar-refractivity contribution in [3.8, 4) is 0 Å². The van der Waals surface area contributed by atoms with Crippen LogP contribution in [0.1, 0.15) is 64.5 Å². The fourth-order valence-corrected chi connectivity index (χ4v) is 3.91. The van der Waals surface area contributed by atoms with Gasteiger partial charge in [-0.3, -0.25) is 4.68 Å². The molecule has 2 unspecified atom stereocenters. The fourth-order valence-electron chi connectivity index (χ4n) is 3.25. The van der Waals surface area contributed by atoms with Gasteiger partial charge >= 0.3 is 0 Å². The Bertz CT molecular complexity index is 418. The molecule has 0 saturated heterocycles. The number of aliphatic hydroxyl groups is 1. The van der Waals surface area contributed by atoms with Crippen molar-refractivity contribution in [2.75, 3.05) is 0 Å². The van der Waals surface area contributed by atoms with Crippen LogP contribution >= 0.6 is 15.9 Å². The summed E-state index contributed by atoms with van der Waals surface area (Å²) in [6.07, 6.45) is 9.29. The van der Waals surface area contributed by atoms with Crippen LogP contribution < -0.4 is 0 Å². The van der Waals surface area contributed by atoms with E-state index in [0.29, 0.717) is 0 Å². The molecule has 2 atom stereocenters. The molecule has 2 rings (SSSR count). The van der Waals surface area contributed by atoms with Gasteiger partial charge in [-0.05, 0) is 54.0 Å². The standard InChI is InChI=1S/C15H25BrN2O/c1-3-10-18-14(13(16)11-17-18)15(19)8-5-6-12(4-2)7-9-15/h11-12,19H,3-10H2,1-2H3. The summed E-state index contributed by atoms with van der Waals surface area (Å²) in [7, 11) is 0. The summed E-state index contributed by atoms with van der Waals surface area (Å²) in [4.78, 5) is 0. The summed E-state index contributed by atoms with van der Waals surface area (Å²) in [6.45, 7) is 5.27. The second-order valence-corrected chi connectivity index (χ2v) is 6.66. The zero-order valence-electron chi connectivity index (χ0n) is 12.0. The van der Waals surface area contributed by atoms with Crippen molar-refractivity contribution in [2.24, 2.45) is 5.92 Å². The van der Waals surface area contributed by atoms with Crippen LogP contribution in [-0.2, 0) is 12.1 Å². The highest BCUT2D eigenvalue weighted by Crippen LogP contribution is 2.41. The van der Waals surface area contributed by atoms with Crippen molar-refractivity contribution < 1.29 is 5.11 Å². The van der Waals surface area contributed by atoms with Crippen LogP contribution in [0, 0.1) is 5.92 Å². The minimum absolute atomic E-state index is 0.700. The molecule has 1 heterocycles. The second kappa shape index (κ2) is 6.40. The molecule has 1 aliphatic carbocycles.